The van der Waals surface area contributed by atoms with Gasteiger partial charge in [0.25, 0.3) is 0 Å². The third kappa shape index (κ3) is 3.96. The maximum absolute atomic E-state index is 14.3. The van der Waals surface area contributed by atoms with Gasteiger partial charge in [-0.25, -0.2) is 17.1 Å². The summed E-state index contributed by atoms with van der Waals surface area (Å²) in [5.41, 5.74) is 10.1. The highest BCUT2D eigenvalue weighted by Gasteiger charge is 2.21. The van der Waals surface area contributed by atoms with Crippen LogP contribution in [0.25, 0.3) is 22.2 Å². The van der Waals surface area contributed by atoms with Crippen LogP contribution in [0.2, 0.25) is 0 Å². The number of aryl methyl sites for hydroxylation is 1. The Hall–Kier alpha value is -2.55. The van der Waals surface area contributed by atoms with Gasteiger partial charge in [0.15, 0.2) is 0 Å². The van der Waals surface area contributed by atoms with E-state index in [1.165, 1.54) is 24.5 Å². The minimum Gasteiger partial charge on any atom is -0.336 e. The lowest BCUT2D eigenvalue weighted by molar-refractivity contribution is 0.521. The number of sulfonamides is 1. The maximum atomic E-state index is 14.3. The maximum Gasteiger partial charge on any atom is 0.242 e. The number of allylic oxidation sites excluding steroid dienone is 1. The standard InChI is InChI=1S/C21H25FN4O2S/c1-14-8-9-19-21(24-14)20(15(2)26(19)13-17(22)10-11-23)16-6-5-7-18(12-16)29(27,28)25(3)4/h5-10,12H,11,13,23H2,1-4H3/b17-10-. The number of nitrogens with two attached hydrogens (primary N) is 1. The second kappa shape index (κ2) is 8.06. The molecule has 8 heteroatoms. The number of nitrogens with zero attached hydrogens (tertiary/aromatic N) is 3. The number of fused-ring (bicyclic) bond motifs is 1. The first-order chi connectivity index (χ1) is 13.7. The van der Waals surface area contributed by atoms with Gasteiger partial charge in [0.1, 0.15) is 5.83 Å². The summed E-state index contributed by atoms with van der Waals surface area (Å²) >= 11 is 0. The lowest BCUT2D eigenvalue weighted by Gasteiger charge is -2.12. The van der Waals surface area contributed by atoms with Crippen LogP contribution in [0.3, 0.4) is 0 Å². The van der Waals surface area contributed by atoms with E-state index in [0.29, 0.717) is 5.52 Å². The summed E-state index contributed by atoms with van der Waals surface area (Å²) < 4.78 is 42.4. The van der Waals surface area contributed by atoms with Crippen molar-refractivity contribution in [3.05, 3.63) is 59.7 Å². The first-order valence-corrected chi connectivity index (χ1v) is 10.6. The summed E-state index contributed by atoms with van der Waals surface area (Å²) in [6.07, 6.45) is 1.34. The van der Waals surface area contributed by atoms with Gasteiger partial charge in [0, 0.05) is 37.6 Å². The topological polar surface area (TPSA) is 81.2 Å². The predicted octanol–water partition coefficient (Wildman–Crippen LogP) is 3.38. The van der Waals surface area contributed by atoms with Gasteiger partial charge in [0.2, 0.25) is 10.0 Å². The van der Waals surface area contributed by atoms with Gasteiger partial charge in [-0.2, -0.15) is 0 Å². The van der Waals surface area contributed by atoms with E-state index in [0.717, 1.165) is 28.0 Å². The molecule has 6 nitrogen and oxygen atoms in total. The fourth-order valence-corrected chi connectivity index (χ4v) is 4.30. The Morgan fingerprint density at radius 3 is 2.62 bits per heavy atom. The molecule has 2 N–H and O–H groups in total. The number of benzene rings is 1. The van der Waals surface area contributed by atoms with E-state index in [9.17, 15) is 12.8 Å². The molecule has 29 heavy (non-hydrogen) atoms. The lowest BCUT2D eigenvalue weighted by Crippen LogP contribution is -2.22. The largest absolute Gasteiger partial charge is 0.336 e. The molecule has 2 heterocycles. The molecule has 0 saturated heterocycles. The third-order valence-electron chi connectivity index (χ3n) is 4.86. The summed E-state index contributed by atoms with van der Waals surface area (Å²) in [5.74, 6) is -0.330. The molecule has 2 aromatic heterocycles. The molecule has 0 aliphatic carbocycles. The zero-order valence-electron chi connectivity index (χ0n) is 17.0. The molecule has 0 bridgehead atoms. The molecule has 0 amide bonds. The smallest absolute Gasteiger partial charge is 0.242 e. The minimum absolute atomic E-state index is 0.0416. The van der Waals surface area contributed by atoms with Crippen molar-refractivity contribution in [1.29, 1.82) is 0 Å². The van der Waals surface area contributed by atoms with Crippen LogP contribution in [-0.4, -0.2) is 42.9 Å². The van der Waals surface area contributed by atoms with Gasteiger partial charge in [-0.3, -0.25) is 4.98 Å². The molecular formula is C21H25FN4O2S. The molecule has 0 radical (unpaired) electrons. The number of pyridine rings is 1. The molecule has 0 saturated carbocycles. The molecule has 3 rings (SSSR count). The highest BCUT2D eigenvalue weighted by Crippen LogP contribution is 2.35. The van der Waals surface area contributed by atoms with Crippen LogP contribution in [0.15, 0.2) is 53.2 Å². The van der Waals surface area contributed by atoms with Crippen LogP contribution in [0, 0.1) is 13.8 Å². The normalized spacial score (nSPS) is 12.9. The summed E-state index contributed by atoms with van der Waals surface area (Å²) in [4.78, 5) is 4.86. The van der Waals surface area contributed by atoms with E-state index in [4.69, 9.17) is 5.73 Å². The van der Waals surface area contributed by atoms with E-state index in [1.807, 2.05) is 36.6 Å². The molecule has 0 spiro atoms. The number of hydrogen-bond donors (Lipinski definition) is 1. The van der Waals surface area contributed by atoms with E-state index in [-0.39, 0.29) is 23.8 Å². The van der Waals surface area contributed by atoms with E-state index in [1.54, 1.807) is 18.2 Å². The van der Waals surface area contributed by atoms with Crippen molar-refractivity contribution in [2.75, 3.05) is 20.6 Å². The van der Waals surface area contributed by atoms with Crippen molar-refractivity contribution in [2.24, 2.45) is 5.73 Å². The van der Waals surface area contributed by atoms with Crippen LogP contribution >= 0.6 is 0 Å². The van der Waals surface area contributed by atoms with E-state index >= 15 is 0 Å². The van der Waals surface area contributed by atoms with Crippen LogP contribution in [0.1, 0.15) is 11.4 Å². The Bertz CT molecular complexity index is 1200. The summed E-state index contributed by atoms with van der Waals surface area (Å²) in [5, 5.41) is 0. The molecule has 0 aliphatic rings. The fraction of sp³-hybridized carbons (Fsp3) is 0.286. The average molecular weight is 417 g/mol. The van der Waals surface area contributed by atoms with Gasteiger partial charge in [-0.05, 0) is 49.8 Å². The first kappa shape index (κ1) is 21.2. The first-order valence-electron chi connectivity index (χ1n) is 9.20. The van der Waals surface area contributed by atoms with Crippen molar-refractivity contribution < 1.29 is 12.8 Å². The quantitative estimate of drug-likeness (QED) is 0.668. The summed E-state index contributed by atoms with van der Waals surface area (Å²) in [7, 11) is -0.585. The van der Waals surface area contributed by atoms with Crippen molar-refractivity contribution in [3.63, 3.8) is 0 Å². The monoisotopic (exact) mass is 416 g/mol. The molecule has 3 aromatic rings. The Kier molecular flexibility index (Phi) is 5.88. The molecule has 0 unspecified atom stereocenters. The van der Waals surface area contributed by atoms with Crippen molar-refractivity contribution in [2.45, 2.75) is 25.3 Å². The number of rotatable bonds is 6. The third-order valence-corrected chi connectivity index (χ3v) is 6.67. The van der Waals surface area contributed by atoms with E-state index in [2.05, 4.69) is 4.98 Å². The highest BCUT2D eigenvalue weighted by atomic mass is 32.2. The number of aromatic nitrogens is 2. The second-order valence-electron chi connectivity index (χ2n) is 7.07. The minimum atomic E-state index is -3.58. The van der Waals surface area contributed by atoms with Crippen LogP contribution in [-0.2, 0) is 16.6 Å². The SMILES string of the molecule is Cc1ccc2c(n1)c(-c1cccc(S(=O)(=O)N(C)C)c1)c(C)n2C/C(F)=C/CN. The Morgan fingerprint density at radius 1 is 1.24 bits per heavy atom. The molecule has 0 aliphatic heterocycles. The van der Waals surface area contributed by atoms with Crippen molar-refractivity contribution in [3.8, 4) is 11.1 Å². The Labute approximate surface area is 170 Å². The molecule has 0 fully saturated rings. The van der Waals surface area contributed by atoms with Crippen molar-refractivity contribution >= 4 is 21.1 Å². The predicted molar refractivity (Wildman–Crippen MR) is 114 cm³/mol. The van der Waals surface area contributed by atoms with Crippen LogP contribution < -0.4 is 5.73 Å². The lowest BCUT2D eigenvalue weighted by atomic mass is 10.1. The van der Waals surface area contributed by atoms with Gasteiger partial charge in [0.05, 0.1) is 22.5 Å². The van der Waals surface area contributed by atoms with E-state index < -0.39 is 10.0 Å². The zero-order valence-corrected chi connectivity index (χ0v) is 17.8. The molecule has 1 aromatic carbocycles. The summed E-state index contributed by atoms with van der Waals surface area (Å²) in [6.45, 7) is 3.94. The van der Waals surface area contributed by atoms with Gasteiger partial charge >= 0.3 is 0 Å². The van der Waals surface area contributed by atoms with Crippen LogP contribution in [0.4, 0.5) is 4.39 Å². The second-order valence-corrected chi connectivity index (χ2v) is 9.22. The molecular weight excluding hydrogens is 391 g/mol. The zero-order chi connectivity index (χ0) is 21.3. The number of halogens is 1. The number of hydrogen-bond acceptors (Lipinski definition) is 4. The Balaban J connectivity index is 2.27. The van der Waals surface area contributed by atoms with Gasteiger partial charge in [-0.15, -0.1) is 0 Å². The average Bonchev–Trinajstić information content (AvgIpc) is 2.92. The highest BCUT2D eigenvalue weighted by molar-refractivity contribution is 7.89. The Morgan fingerprint density at radius 2 is 1.97 bits per heavy atom. The molecule has 154 valence electrons. The van der Waals surface area contributed by atoms with Crippen molar-refractivity contribution in [1.82, 2.24) is 13.9 Å². The van der Waals surface area contributed by atoms with Gasteiger partial charge in [-0.1, -0.05) is 12.1 Å². The van der Waals surface area contributed by atoms with Crippen LogP contribution in [0.5, 0.6) is 0 Å². The summed E-state index contributed by atoms with van der Waals surface area (Å²) in [6, 6.07) is 10.5. The molecule has 0 atom stereocenters. The fourth-order valence-electron chi connectivity index (χ4n) is 3.35. The van der Waals surface area contributed by atoms with Gasteiger partial charge < -0.3 is 10.3 Å².